The highest BCUT2D eigenvalue weighted by atomic mass is 32.2. The van der Waals surface area contributed by atoms with Crippen molar-refractivity contribution in [1.82, 2.24) is 14.6 Å². The molecule has 0 bridgehead atoms. The van der Waals surface area contributed by atoms with E-state index in [9.17, 15) is 13.2 Å². The fourth-order valence-corrected chi connectivity index (χ4v) is 6.70. The minimum atomic E-state index is -3.54. The van der Waals surface area contributed by atoms with Gasteiger partial charge < -0.3 is 4.90 Å². The number of hydrogen-bond acceptors (Lipinski definition) is 6. The van der Waals surface area contributed by atoms with Crippen LogP contribution in [0.5, 0.6) is 0 Å². The molecular formula is C22H25N3O3S3. The maximum absolute atomic E-state index is 12.7. The predicted molar refractivity (Wildman–Crippen MR) is 126 cm³/mol. The molecule has 0 saturated carbocycles. The van der Waals surface area contributed by atoms with Crippen molar-refractivity contribution in [2.24, 2.45) is 5.92 Å². The first-order valence-electron chi connectivity index (χ1n) is 10.2. The average molecular weight is 476 g/mol. The smallest absolute Gasteiger partial charge is 0.240 e. The number of aryl methyl sites for hydroxylation is 1. The zero-order chi connectivity index (χ0) is 21.8. The van der Waals surface area contributed by atoms with E-state index in [1.165, 1.54) is 11.8 Å². The van der Waals surface area contributed by atoms with E-state index in [0.717, 1.165) is 39.5 Å². The van der Waals surface area contributed by atoms with E-state index in [0.29, 0.717) is 18.8 Å². The van der Waals surface area contributed by atoms with Crippen LogP contribution in [-0.4, -0.2) is 49.6 Å². The monoisotopic (exact) mass is 475 g/mol. The largest absolute Gasteiger partial charge is 0.342 e. The van der Waals surface area contributed by atoms with Gasteiger partial charge in [0.1, 0.15) is 0 Å². The number of nitrogens with zero attached hydrogens (tertiary/aromatic N) is 2. The van der Waals surface area contributed by atoms with E-state index >= 15 is 0 Å². The molecule has 1 amide bonds. The quantitative estimate of drug-likeness (QED) is 0.524. The Morgan fingerprint density at radius 1 is 1.23 bits per heavy atom. The normalized spacial score (nSPS) is 17.2. The summed E-state index contributed by atoms with van der Waals surface area (Å²) in [5.41, 5.74) is 1.98. The van der Waals surface area contributed by atoms with E-state index in [4.69, 9.17) is 0 Å². The second-order valence-corrected chi connectivity index (χ2v) is 11.8. The van der Waals surface area contributed by atoms with Gasteiger partial charge in [0.05, 0.1) is 20.9 Å². The first-order valence-corrected chi connectivity index (χ1v) is 13.5. The lowest BCUT2D eigenvalue weighted by Crippen LogP contribution is -2.44. The van der Waals surface area contributed by atoms with Crippen molar-refractivity contribution in [3.8, 4) is 0 Å². The first kappa shape index (κ1) is 22.3. The number of aromatic nitrogens is 1. The van der Waals surface area contributed by atoms with Gasteiger partial charge in [-0.2, -0.15) is 0 Å². The molecule has 0 spiro atoms. The van der Waals surface area contributed by atoms with Crippen molar-refractivity contribution < 1.29 is 13.2 Å². The van der Waals surface area contributed by atoms with Crippen LogP contribution in [0, 0.1) is 12.8 Å². The molecule has 1 saturated heterocycles. The lowest BCUT2D eigenvalue weighted by Gasteiger charge is -2.32. The molecule has 4 rings (SSSR count). The Hall–Kier alpha value is -1.94. The number of fused-ring (bicyclic) bond motifs is 1. The molecule has 2 aromatic carbocycles. The van der Waals surface area contributed by atoms with Gasteiger partial charge in [-0.05, 0) is 49.9 Å². The van der Waals surface area contributed by atoms with Crippen molar-refractivity contribution in [2.75, 3.05) is 25.4 Å². The Balaban J connectivity index is 1.29. The number of sulfonamides is 1. The molecule has 1 aliphatic rings. The summed E-state index contributed by atoms with van der Waals surface area (Å²) >= 11 is 3.07. The van der Waals surface area contributed by atoms with Crippen LogP contribution in [0.3, 0.4) is 0 Å². The van der Waals surface area contributed by atoms with Crippen molar-refractivity contribution in [1.29, 1.82) is 0 Å². The molecule has 31 heavy (non-hydrogen) atoms. The number of thiazole rings is 1. The van der Waals surface area contributed by atoms with Crippen LogP contribution in [0.2, 0.25) is 0 Å². The summed E-state index contributed by atoms with van der Waals surface area (Å²) in [6.07, 6.45) is 1.79. The maximum Gasteiger partial charge on any atom is 0.240 e. The van der Waals surface area contributed by atoms with Gasteiger partial charge in [0, 0.05) is 19.6 Å². The Labute approximate surface area is 191 Å². The van der Waals surface area contributed by atoms with Crippen molar-refractivity contribution in [3.05, 3.63) is 54.1 Å². The second kappa shape index (κ2) is 9.68. The molecule has 3 aromatic rings. The highest BCUT2D eigenvalue weighted by Gasteiger charge is 2.25. The van der Waals surface area contributed by atoms with Crippen LogP contribution in [-0.2, 0) is 14.8 Å². The maximum atomic E-state index is 12.7. The molecule has 9 heteroatoms. The molecule has 1 aromatic heterocycles. The van der Waals surface area contributed by atoms with Gasteiger partial charge in [0.2, 0.25) is 15.9 Å². The summed E-state index contributed by atoms with van der Waals surface area (Å²) in [6, 6.07) is 14.8. The number of hydrogen-bond donors (Lipinski definition) is 1. The van der Waals surface area contributed by atoms with Crippen molar-refractivity contribution in [3.63, 3.8) is 0 Å². The van der Waals surface area contributed by atoms with Crippen LogP contribution in [0.4, 0.5) is 0 Å². The highest BCUT2D eigenvalue weighted by molar-refractivity contribution is 8.01. The standard InChI is InChI=1S/C22H25N3O3S3/c1-16-8-10-18(11-9-16)31(27,28)23-13-17-5-4-12-25(14-17)21(26)15-29-22-24-19-6-2-3-7-20(19)30-22/h2-3,6-11,17,23H,4-5,12-15H2,1H3/t17-/m0/s1. The minimum absolute atomic E-state index is 0.0790. The molecule has 2 heterocycles. The molecular weight excluding hydrogens is 450 g/mol. The SMILES string of the molecule is Cc1ccc(S(=O)(=O)NC[C@@H]2CCCN(C(=O)CSc3nc4ccccc4s3)C2)cc1. The number of benzene rings is 2. The fraction of sp³-hybridized carbons (Fsp3) is 0.364. The number of nitrogens with one attached hydrogen (secondary N) is 1. The van der Waals surface area contributed by atoms with Crippen LogP contribution >= 0.6 is 23.1 Å². The third-order valence-electron chi connectivity index (χ3n) is 5.36. The van der Waals surface area contributed by atoms with Crippen LogP contribution in [0.1, 0.15) is 18.4 Å². The number of piperidine rings is 1. The van der Waals surface area contributed by atoms with Crippen LogP contribution < -0.4 is 4.72 Å². The Kier molecular flexibility index (Phi) is 6.95. The van der Waals surface area contributed by atoms with Crippen molar-refractivity contribution in [2.45, 2.75) is 29.0 Å². The summed E-state index contributed by atoms with van der Waals surface area (Å²) in [7, 11) is -3.54. The summed E-state index contributed by atoms with van der Waals surface area (Å²) in [6.45, 7) is 3.56. The molecule has 0 unspecified atom stereocenters. The topological polar surface area (TPSA) is 79.4 Å². The molecule has 0 radical (unpaired) electrons. The van der Waals surface area contributed by atoms with E-state index in [-0.39, 0.29) is 16.7 Å². The molecule has 0 aliphatic carbocycles. The lowest BCUT2D eigenvalue weighted by atomic mass is 9.98. The zero-order valence-electron chi connectivity index (χ0n) is 17.3. The average Bonchev–Trinajstić information content (AvgIpc) is 3.20. The van der Waals surface area contributed by atoms with Crippen LogP contribution in [0.25, 0.3) is 10.2 Å². The summed E-state index contributed by atoms with van der Waals surface area (Å²) < 4.78 is 29.8. The van der Waals surface area contributed by atoms with Gasteiger partial charge in [-0.1, -0.05) is 41.6 Å². The van der Waals surface area contributed by atoms with Gasteiger partial charge in [-0.3, -0.25) is 4.79 Å². The van der Waals surface area contributed by atoms with Gasteiger partial charge in [-0.15, -0.1) is 11.3 Å². The van der Waals surface area contributed by atoms with Gasteiger partial charge in [0.15, 0.2) is 4.34 Å². The first-order chi connectivity index (χ1) is 14.9. The Bertz CT molecular complexity index is 1130. The summed E-state index contributed by atoms with van der Waals surface area (Å²) in [5, 5.41) is 0. The number of thioether (sulfide) groups is 1. The Morgan fingerprint density at radius 3 is 2.77 bits per heavy atom. The molecule has 1 N–H and O–H groups in total. The van der Waals surface area contributed by atoms with Gasteiger partial charge in [-0.25, -0.2) is 18.1 Å². The number of amides is 1. The van der Waals surface area contributed by atoms with Gasteiger partial charge in [0.25, 0.3) is 0 Å². The third kappa shape index (κ3) is 5.65. The Morgan fingerprint density at radius 2 is 2.00 bits per heavy atom. The van der Waals surface area contributed by atoms with Gasteiger partial charge >= 0.3 is 0 Å². The molecule has 164 valence electrons. The summed E-state index contributed by atoms with van der Waals surface area (Å²) in [4.78, 5) is 19.4. The highest BCUT2D eigenvalue weighted by Crippen LogP contribution is 2.29. The number of para-hydroxylation sites is 1. The number of carbonyl (C=O) groups is 1. The lowest BCUT2D eigenvalue weighted by molar-refractivity contribution is -0.130. The second-order valence-electron chi connectivity index (χ2n) is 7.75. The van der Waals surface area contributed by atoms with Crippen LogP contribution in [0.15, 0.2) is 57.8 Å². The molecule has 1 aliphatic heterocycles. The zero-order valence-corrected chi connectivity index (χ0v) is 19.7. The third-order valence-corrected chi connectivity index (χ3v) is 8.96. The molecule has 1 atom stereocenters. The van der Waals surface area contributed by atoms with E-state index in [1.807, 2.05) is 36.1 Å². The fourth-order valence-electron chi connectivity index (χ4n) is 3.61. The summed E-state index contributed by atoms with van der Waals surface area (Å²) in [5.74, 6) is 0.544. The number of carbonyl (C=O) groups excluding carboxylic acids is 1. The van der Waals surface area contributed by atoms with Crippen molar-refractivity contribution >= 4 is 49.2 Å². The minimum Gasteiger partial charge on any atom is -0.342 e. The molecule has 1 fully saturated rings. The van der Waals surface area contributed by atoms with E-state index < -0.39 is 10.0 Å². The number of likely N-dealkylation sites (tertiary alicyclic amines) is 1. The molecule has 6 nitrogen and oxygen atoms in total. The number of rotatable bonds is 7. The van der Waals surface area contributed by atoms with E-state index in [2.05, 4.69) is 9.71 Å². The predicted octanol–water partition coefficient (Wildman–Crippen LogP) is 3.91. The van der Waals surface area contributed by atoms with E-state index in [1.54, 1.807) is 35.6 Å².